The molecule has 8 aromatic carbocycles. The molecule has 2 aromatic heterocycles. The van der Waals surface area contributed by atoms with Gasteiger partial charge in [0.25, 0.3) is 0 Å². The van der Waals surface area contributed by atoms with Crippen LogP contribution in [0.4, 0.5) is 0 Å². The van der Waals surface area contributed by atoms with E-state index in [1.54, 1.807) is 0 Å². The van der Waals surface area contributed by atoms with Gasteiger partial charge in [-0.1, -0.05) is 182 Å². The Balaban J connectivity index is 1.12. The van der Waals surface area contributed by atoms with Crippen molar-refractivity contribution in [3.8, 4) is 56.4 Å². The van der Waals surface area contributed by atoms with E-state index in [-0.39, 0.29) is 0 Å². The Hall–Kier alpha value is -7.69. The van der Waals surface area contributed by atoms with Crippen molar-refractivity contribution in [2.75, 3.05) is 0 Å². The smallest absolute Gasteiger partial charge is 0.164 e. The normalized spacial score (nSPS) is 14.9. The third kappa shape index (κ3) is 4.79. The van der Waals surface area contributed by atoms with Gasteiger partial charge in [0.2, 0.25) is 0 Å². The van der Waals surface area contributed by atoms with Crippen molar-refractivity contribution >= 4 is 34.1 Å². The Morgan fingerprint density at radius 1 is 0.362 bits per heavy atom. The van der Waals surface area contributed by atoms with Gasteiger partial charge in [-0.15, -0.1) is 0 Å². The number of para-hydroxylation sites is 1. The molecule has 2 aliphatic carbocycles. The first-order valence-electron chi connectivity index (χ1n) is 19.7. The SMILES string of the molecule is C1=Cc2ccc(-c3nc(-c4ccccc4)nc(-c4ccc(-c5ccccc5)cc4)n3)cc2C2(c3ccccc31)c1ccccc1-c1c2ccc2oc3ccccc3c12. The van der Waals surface area contributed by atoms with Crippen LogP contribution in [-0.2, 0) is 5.41 Å². The summed E-state index contributed by atoms with van der Waals surface area (Å²) in [5.74, 6) is 1.89. The summed E-state index contributed by atoms with van der Waals surface area (Å²) in [6, 6.07) is 66.5. The van der Waals surface area contributed by atoms with Crippen LogP contribution in [0, 0.1) is 0 Å². The van der Waals surface area contributed by atoms with Crippen molar-refractivity contribution in [1.82, 2.24) is 15.0 Å². The first kappa shape index (κ1) is 32.5. The molecule has 1 spiro atoms. The van der Waals surface area contributed by atoms with E-state index in [1.165, 1.54) is 44.5 Å². The number of hydrogen-bond donors (Lipinski definition) is 0. The zero-order valence-corrected chi connectivity index (χ0v) is 31.3. The molecule has 1 atom stereocenters. The molecule has 2 aliphatic rings. The fraction of sp³-hybridized carbons (Fsp3) is 0.0185. The van der Waals surface area contributed by atoms with Gasteiger partial charge in [-0.25, -0.2) is 15.0 Å². The second kappa shape index (κ2) is 12.7. The molecule has 0 radical (unpaired) electrons. The maximum Gasteiger partial charge on any atom is 0.164 e. The summed E-state index contributed by atoms with van der Waals surface area (Å²) in [6.07, 6.45) is 4.53. The molecular weight excluding hydrogens is 707 g/mol. The summed E-state index contributed by atoms with van der Waals surface area (Å²) in [5.41, 5.74) is 15.9. The van der Waals surface area contributed by atoms with E-state index < -0.39 is 5.41 Å². The van der Waals surface area contributed by atoms with Gasteiger partial charge < -0.3 is 4.42 Å². The van der Waals surface area contributed by atoms with Gasteiger partial charge in [-0.3, -0.25) is 0 Å². The van der Waals surface area contributed by atoms with E-state index in [0.29, 0.717) is 17.5 Å². The van der Waals surface area contributed by atoms with Gasteiger partial charge in [0.15, 0.2) is 17.5 Å². The van der Waals surface area contributed by atoms with Crippen LogP contribution in [0.3, 0.4) is 0 Å². The van der Waals surface area contributed by atoms with E-state index in [0.717, 1.165) is 49.8 Å². The van der Waals surface area contributed by atoms with Crippen LogP contribution < -0.4 is 0 Å². The molecule has 58 heavy (non-hydrogen) atoms. The molecule has 0 fully saturated rings. The Morgan fingerprint density at radius 3 is 1.69 bits per heavy atom. The lowest BCUT2D eigenvalue weighted by atomic mass is 9.65. The zero-order valence-electron chi connectivity index (χ0n) is 31.3. The molecule has 0 amide bonds. The van der Waals surface area contributed by atoms with Crippen LogP contribution >= 0.6 is 0 Å². The molecule has 0 saturated carbocycles. The fourth-order valence-electron chi connectivity index (χ4n) is 9.43. The van der Waals surface area contributed by atoms with Gasteiger partial charge in [-0.05, 0) is 73.8 Å². The number of nitrogens with zero attached hydrogens (tertiary/aromatic N) is 3. The lowest BCUT2D eigenvalue weighted by molar-refractivity contribution is 0.668. The van der Waals surface area contributed by atoms with Crippen molar-refractivity contribution in [2.24, 2.45) is 0 Å². The minimum absolute atomic E-state index is 0.623. The van der Waals surface area contributed by atoms with Gasteiger partial charge in [-0.2, -0.15) is 0 Å². The lowest BCUT2D eigenvalue weighted by Crippen LogP contribution is -2.30. The highest BCUT2D eigenvalue weighted by Gasteiger charge is 2.49. The number of rotatable bonds is 4. The number of benzene rings is 8. The lowest BCUT2D eigenvalue weighted by Gasteiger charge is -2.35. The largest absolute Gasteiger partial charge is 0.456 e. The topological polar surface area (TPSA) is 51.8 Å². The van der Waals surface area contributed by atoms with Crippen LogP contribution in [0.25, 0.3) is 90.5 Å². The van der Waals surface area contributed by atoms with E-state index >= 15 is 0 Å². The molecule has 4 nitrogen and oxygen atoms in total. The summed E-state index contributed by atoms with van der Waals surface area (Å²) in [6.45, 7) is 0. The maximum absolute atomic E-state index is 6.50. The second-order valence-electron chi connectivity index (χ2n) is 15.1. The third-order valence-electron chi connectivity index (χ3n) is 12.0. The average Bonchev–Trinajstić information content (AvgIpc) is 3.77. The zero-order chi connectivity index (χ0) is 38.2. The first-order chi connectivity index (χ1) is 28.7. The van der Waals surface area contributed by atoms with E-state index in [4.69, 9.17) is 19.4 Å². The standard InChI is InChI=1S/C54H33N3O/c1-3-13-34(14-4-1)35-23-28-39(29-24-35)52-55-51(38-16-5-2-6-17-38)56-53(57-52)40-30-27-37-26-25-36-15-7-10-20-43(36)54(46(37)33-40)44-21-11-8-18-41(44)49-45(54)31-32-48-50(49)42-19-9-12-22-47(42)58-48/h1-33H. The Bertz CT molecular complexity index is 3270. The molecule has 4 heteroatoms. The predicted octanol–water partition coefficient (Wildman–Crippen LogP) is 13.3. The highest BCUT2D eigenvalue weighted by Crippen LogP contribution is 2.61. The fourth-order valence-corrected chi connectivity index (χ4v) is 9.43. The van der Waals surface area contributed by atoms with Crippen molar-refractivity contribution in [1.29, 1.82) is 0 Å². The predicted molar refractivity (Wildman–Crippen MR) is 235 cm³/mol. The molecule has 270 valence electrons. The molecule has 0 bridgehead atoms. The van der Waals surface area contributed by atoms with Crippen molar-refractivity contribution in [2.45, 2.75) is 5.41 Å². The maximum atomic E-state index is 6.50. The quantitative estimate of drug-likeness (QED) is 0.180. The Kier molecular flexibility index (Phi) is 7.11. The molecule has 0 aliphatic heterocycles. The van der Waals surface area contributed by atoms with E-state index in [2.05, 4.69) is 170 Å². The monoisotopic (exact) mass is 739 g/mol. The van der Waals surface area contributed by atoms with Gasteiger partial charge in [0.05, 0.1) is 5.41 Å². The Labute approximate surface area is 335 Å². The van der Waals surface area contributed by atoms with Crippen molar-refractivity contribution in [3.05, 3.63) is 221 Å². The molecule has 10 aromatic rings. The van der Waals surface area contributed by atoms with Crippen LogP contribution in [0.15, 0.2) is 192 Å². The number of fused-ring (bicyclic) bond motifs is 13. The van der Waals surface area contributed by atoms with E-state index in [9.17, 15) is 0 Å². The summed E-state index contributed by atoms with van der Waals surface area (Å²) in [4.78, 5) is 15.5. The van der Waals surface area contributed by atoms with Gasteiger partial charge in [0.1, 0.15) is 11.2 Å². The molecule has 0 N–H and O–H groups in total. The molecule has 12 rings (SSSR count). The van der Waals surface area contributed by atoms with Crippen LogP contribution in [0.2, 0.25) is 0 Å². The van der Waals surface area contributed by atoms with E-state index in [1.807, 2.05) is 30.3 Å². The van der Waals surface area contributed by atoms with Crippen LogP contribution in [0.1, 0.15) is 33.4 Å². The molecule has 1 unspecified atom stereocenters. The van der Waals surface area contributed by atoms with Crippen molar-refractivity contribution < 1.29 is 4.42 Å². The summed E-state index contributed by atoms with van der Waals surface area (Å²) >= 11 is 0. The number of aromatic nitrogens is 3. The van der Waals surface area contributed by atoms with Gasteiger partial charge >= 0.3 is 0 Å². The number of furan rings is 1. The third-order valence-corrected chi connectivity index (χ3v) is 12.0. The highest BCUT2D eigenvalue weighted by atomic mass is 16.3. The van der Waals surface area contributed by atoms with Crippen LogP contribution in [-0.4, -0.2) is 15.0 Å². The minimum atomic E-state index is -0.644. The number of hydrogen-bond acceptors (Lipinski definition) is 4. The van der Waals surface area contributed by atoms with Gasteiger partial charge in [0, 0.05) is 27.5 Å². The van der Waals surface area contributed by atoms with Crippen LogP contribution in [0.5, 0.6) is 0 Å². The molecule has 0 saturated heterocycles. The summed E-state index contributed by atoms with van der Waals surface area (Å²) in [5, 5.41) is 2.27. The average molecular weight is 740 g/mol. The Morgan fingerprint density at radius 2 is 0.914 bits per heavy atom. The summed E-state index contributed by atoms with van der Waals surface area (Å²) in [7, 11) is 0. The highest BCUT2D eigenvalue weighted by molar-refractivity contribution is 6.15. The minimum Gasteiger partial charge on any atom is -0.456 e. The molecule has 2 heterocycles. The first-order valence-corrected chi connectivity index (χ1v) is 19.7. The summed E-state index contributed by atoms with van der Waals surface area (Å²) < 4.78 is 6.50. The molecular formula is C54H33N3O. The second-order valence-corrected chi connectivity index (χ2v) is 15.1. The van der Waals surface area contributed by atoms with Crippen molar-refractivity contribution in [3.63, 3.8) is 0 Å².